The second-order valence-corrected chi connectivity index (χ2v) is 3.86. The SMILES string of the molecule is CCCNc1nc2ccnn2c2ncccc12. The molecule has 0 aliphatic carbocycles. The zero-order chi connectivity index (χ0) is 11.7. The normalized spacial score (nSPS) is 11.1. The molecule has 0 saturated carbocycles. The van der Waals surface area contributed by atoms with Gasteiger partial charge in [-0.3, -0.25) is 0 Å². The fourth-order valence-electron chi connectivity index (χ4n) is 1.85. The average molecular weight is 227 g/mol. The predicted molar refractivity (Wildman–Crippen MR) is 67.1 cm³/mol. The number of nitrogens with one attached hydrogen (secondary N) is 1. The molecule has 0 amide bonds. The van der Waals surface area contributed by atoms with Crippen molar-refractivity contribution in [2.45, 2.75) is 13.3 Å². The predicted octanol–water partition coefficient (Wildman–Crippen LogP) is 2.10. The van der Waals surface area contributed by atoms with Gasteiger partial charge in [-0.1, -0.05) is 6.92 Å². The molecule has 0 aliphatic heterocycles. The molecule has 86 valence electrons. The second-order valence-electron chi connectivity index (χ2n) is 3.86. The third-order valence-electron chi connectivity index (χ3n) is 2.63. The van der Waals surface area contributed by atoms with E-state index < -0.39 is 0 Å². The molecule has 3 heterocycles. The molecule has 0 bridgehead atoms. The first kappa shape index (κ1) is 10.0. The third-order valence-corrected chi connectivity index (χ3v) is 2.63. The molecular formula is C12H13N5. The Balaban J connectivity index is 2.29. The molecule has 0 saturated heterocycles. The monoisotopic (exact) mass is 227 g/mol. The lowest BCUT2D eigenvalue weighted by Crippen LogP contribution is -2.05. The topological polar surface area (TPSA) is 55.1 Å². The van der Waals surface area contributed by atoms with Crippen molar-refractivity contribution in [2.24, 2.45) is 0 Å². The van der Waals surface area contributed by atoms with Gasteiger partial charge in [-0.05, 0) is 18.6 Å². The highest BCUT2D eigenvalue weighted by Crippen LogP contribution is 2.20. The molecule has 5 nitrogen and oxygen atoms in total. The molecule has 0 spiro atoms. The highest BCUT2D eigenvalue weighted by molar-refractivity contribution is 5.88. The smallest absolute Gasteiger partial charge is 0.166 e. The number of aromatic nitrogens is 4. The van der Waals surface area contributed by atoms with Crippen LogP contribution in [-0.4, -0.2) is 26.1 Å². The van der Waals surface area contributed by atoms with Crippen LogP contribution >= 0.6 is 0 Å². The number of nitrogens with zero attached hydrogens (tertiary/aromatic N) is 4. The summed E-state index contributed by atoms with van der Waals surface area (Å²) in [5.41, 5.74) is 1.65. The first-order chi connectivity index (χ1) is 8.40. The van der Waals surface area contributed by atoms with Crippen LogP contribution in [-0.2, 0) is 0 Å². The van der Waals surface area contributed by atoms with Gasteiger partial charge in [0.25, 0.3) is 0 Å². The summed E-state index contributed by atoms with van der Waals surface area (Å²) >= 11 is 0. The molecule has 3 aromatic heterocycles. The Kier molecular flexibility index (Phi) is 2.36. The van der Waals surface area contributed by atoms with E-state index in [0.717, 1.165) is 35.5 Å². The van der Waals surface area contributed by atoms with Crippen LogP contribution in [0.1, 0.15) is 13.3 Å². The molecule has 0 unspecified atom stereocenters. The van der Waals surface area contributed by atoms with Crippen molar-refractivity contribution in [3.63, 3.8) is 0 Å². The Morgan fingerprint density at radius 1 is 1.29 bits per heavy atom. The van der Waals surface area contributed by atoms with E-state index in [9.17, 15) is 0 Å². The van der Waals surface area contributed by atoms with Gasteiger partial charge in [0.05, 0.1) is 11.6 Å². The standard InChI is InChI=1S/C12H13N5/c1-2-6-13-11-9-4-3-7-14-12(9)17-10(16-11)5-8-15-17/h3-5,7-8H,2,6H2,1H3,(H,13,16). The van der Waals surface area contributed by atoms with E-state index in [4.69, 9.17) is 0 Å². The van der Waals surface area contributed by atoms with Crippen LogP contribution in [0.2, 0.25) is 0 Å². The fourth-order valence-corrected chi connectivity index (χ4v) is 1.85. The van der Waals surface area contributed by atoms with E-state index >= 15 is 0 Å². The van der Waals surface area contributed by atoms with E-state index in [2.05, 4.69) is 27.3 Å². The third kappa shape index (κ3) is 1.60. The van der Waals surface area contributed by atoms with Gasteiger partial charge in [-0.15, -0.1) is 0 Å². The van der Waals surface area contributed by atoms with E-state index in [-0.39, 0.29) is 0 Å². The lowest BCUT2D eigenvalue weighted by atomic mass is 10.3. The Bertz CT molecular complexity index is 658. The lowest BCUT2D eigenvalue weighted by molar-refractivity contribution is 0.947. The van der Waals surface area contributed by atoms with Crippen molar-refractivity contribution in [1.82, 2.24) is 19.6 Å². The number of anilines is 1. The van der Waals surface area contributed by atoms with Crippen molar-refractivity contribution >= 4 is 22.5 Å². The maximum Gasteiger partial charge on any atom is 0.166 e. The Labute approximate surface area is 98.5 Å². The van der Waals surface area contributed by atoms with Crippen LogP contribution in [0.3, 0.4) is 0 Å². The molecule has 3 aromatic rings. The zero-order valence-corrected chi connectivity index (χ0v) is 9.59. The number of hydrogen-bond donors (Lipinski definition) is 1. The first-order valence-electron chi connectivity index (χ1n) is 5.72. The van der Waals surface area contributed by atoms with E-state index in [1.807, 2.05) is 18.2 Å². The van der Waals surface area contributed by atoms with Gasteiger partial charge in [0.2, 0.25) is 0 Å². The van der Waals surface area contributed by atoms with Gasteiger partial charge < -0.3 is 5.32 Å². The molecule has 0 fully saturated rings. The summed E-state index contributed by atoms with van der Waals surface area (Å²) in [5, 5.41) is 8.56. The summed E-state index contributed by atoms with van der Waals surface area (Å²) in [4.78, 5) is 8.92. The van der Waals surface area contributed by atoms with Crippen molar-refractivity contribution in [3.8, 4) is 0 Å². The average Bonchev–Trinajstić information content (AvgIpc) is 2.84. The van der Waals surface area contributed by atoms with Crippen LogP contribution in [0.15, 0.2) is 30.6 Å². The van der Waals surface area contributed by atoms with Crippen molar-refractivity contribution < 1.29 is 0 Å². The molecular weight excluding hydrogens is 214 g/mol. The summed E-state index contributed by atoms with van der Waals surface area (Å²) < 4.78 is 1.76. The summed E-state index contributed by atoms with van der Waals surface area (Å²) in [6, 6.07) is 5.80. The molecule has 1 N–H and O–H groups in total. The number of rotatable bonds is 3. The zero-order valence-electron chi connectivity index (χ0n) is 9.59. The quantitative estimate of drug-likeness (QED) is 0.744. The molecule has 5 heteroatoms. The number of hydrogen-bond acceptors (Lipinski definition) is 4. The van der Waals surface area contributed by atoms with Gasteiger partial charge in [0.1, 0.15) is 5.82 Å². The minimum absolute atomic E-state index is 0.815. The van der Waals surface area contributed by atoms with Crippen molar-refractivity contribution in [1.29, 1.82) is 0 Å². The highest BCUT2D eigenvalue weighted by Gasteiger charge is 2.08. The largest absolute Gasteiger partial charge is 0.369 e. The van der Waals surface area contributed by atoms with Crippen molar-refractivity contribution in [2.75, 3.05) is 11.9 Å². The second kappa shape index (κ2) is 4.01. The molecule has 17 heavy (non-hydrogen) atoms. The minimum Gasteiger partial charge on any atom is -0.369 e. The maximum absolute atomic E-state index is 4.55. The van der Waals surface area contributed by atoms with E-state index in [1.165, 1.54) is 0 Å². The number of fused-ring (bicyclic) bond motifs is 3. The van der Waals surface area contributed by atoms with Gasteiger partial charge in [-0.2, -0.15) is 9.61 Å². The molecule has 0 radical (unpaired) electrons. The maximum atomic E-state index is 4.55. The Hall–Kier alpha value is -2.17. The molecule has 0 aliphatic rings. The highest BCUT2D eigenvalue weighted by atomic mass is 15.3. The summed E-state index contributed by atoms with van der Waals surface area (Å²) in [5.74, 6) is 0.878. The van der Waals surface area contributed by atoms with Crippen LogP contribution in [0.5, 0.6) is 0 Å². The molecule has 0 atom stereocenters. The van der Waals surface area contributed by atoms with Crippen LogP contribution < -0.4 is 5.32 Å². The summed E-state index contributed by atoms with van der Waals surface area (Å²) in [6.07, 6.45) is 4.57. The van der Waals surface area contributed by atoms with Gasteiger partial charge in [0.15, 0.2) is 11.3 Å². The minimum atomic E-state index is 0.815. The van der Waals surface area contributed by atoms with Crippen LogP contribution in [0.25, 0.3) is 16.7 Å². The Morgan fingerprint density at radius 3 is 3.12 bits per heavy atom. The van der Waals surface area contributed by atoms with E-state index in [0.29, 0.717) is 0 Å². The van der Waals surface area contributed by atoms with Crippen molar-refractivity contribution in [3.05, 3.63) is 30.6 Å². The molecule has 3 rings (SSSR count). The van der Waals surface area contributed by atoms with Gasteiger partial charge in [-0.25, -0.2) is 9.97 Å². The summed E-state index contributed by atoms with van der Waals surface area (Å²) in [6.45, 7) is 3.03. The summed E-state index contributed by atoms with van der Waals surface area (Å²) in [7, 11) is 0. The molecule has 0 aromatic carbocycles. The van der Waals surface area contributed by atoms with Gasteiger partial charge in [0, 0.05) is 18.8 Å². The number of pyridine rings is 1. The Morgan fingerprint density at radius 2 is 2.24 bits per heavy atom. The van der Waals surface area contributed by atoms with Gasteiger partial charge >= 0.3 is 0 Å². The van der Waals surface area contributed by atoms with Crippen LogP contribution in [0.4, 0.5) is 5.82 Å². The lowest BCUT2D eigenvalue weighted by Gasteiger charge is -2.08. The first-order valence-corrected chi connectivity index (χ1v) is 5.72. The fraction of sp³-hybridized carbons (Fsp3) is 0.250. The van der Waals surface area contributed by atoms with E-state index in [1.54, 1.807) is 16.9 Å². The van der Waals surface area contributed by atoms with Crippen LogP contribution in [0, 0.1) is 0 Å².